The first kappa shape index (κ1) is 16.8. The van der Waals surface area contributed by atoms with E-state index in [-0.39, 0.29) is 22.4 Å². The van der Waals surface area contributed by atoms with Crippen LogP contribution >= 0.6 is 0 Å². The molecule has 0 aromatic heterocycles. The molecule has 0 aliphatic carbocycles. The van der Waals surface area contributed by atoms with Crippen LogP contribution in [0.3, 0.4) is 0 Å². The summed E-state index contributed by atoms with van der Waals surface area (Å²) in [4.78, 5) is 0. The van der Waals surface area contributed by atoms with Crippen molar-refractivity contribution >= 4 is 8.80 Å². The molecule has 1 saturated heterocycles. The van der Waals surface area contributed by atoms with E-state index in [1.165, 1.54) is 0 Å². The predicted octanol–water partition coefficient (Wildman–Crippen LogP) is 0.667. The minimum atomic E-state index is -2.39. The van der Waals surface area contributed by atoms with Crippen LogP contribution in [0.4, 0.5) is 0 Å². The van der Waals surface area contributed by atoms with Crippen LogP contribution in [0.1, 0.15) is 6.42 Å². The summed E-state index contributed by atoms with van der Waals surface area (Å²) in [5.41, 5.74) is 0. The molecule has 1 atom stereocenters. The van der Waals surface area contributed by atoms with Gasteiger partial charge < -0.3 is 22.8 Å². The van der Waals surface area contributed by atoms with Crippen molar-refractivity contribution in [2.45, 2.75) is 18.6 Å². The fourth-order valence-electron chi connectivity index (χ4n) is 1.33. The summed E-state index contributed by atoms with van der Waals surface area (Å²) in [6, 6.07) is 0.780. The van der Waals surface area contributed by atoms with E-state index in [1.807, 2.05) is 0 Å². The SMILES string of the molecule is CO[Si](CCCOCC1CO1)(OC)OC.[Ag]. The summed E-state index contributed by atoms with van der Waals surface area (Å²) in [7, 11) is 2.48. The first-order chi connectivity index (χ1) is 7.26. The molecule has 0 aromatic rings. The minimum Gasteiger partial charge on any atom is -0.379 e. The summed E-state index contributed by atoms with van der Waals surface area (Å²) in [5, 5.41) is 0. The molecule has 1 fully saturated rings. The van der Waals surface area contributed by atoms with E-state index >= 15 is 0 Å². The molecule has 7 heteroatoms. The van der Waals surface area contributed by atoms with E-state index in [1.54, 1.807) is 21.3 Å². The fraction of sp³-hybridized carbons (Fsp3) is 1.00. The Kier molecular flexibility index (Phi) is 9.21. The van der Waals surface area contributed by atoms with Gasteiger partial charge in [0.15, 0.2) is 0 Å². The van der Waals surface area contributed by atoms with E-state index in [9.17, 15) is 0 Å². The van der Waals surface area contributed by atoms with Crippen LogP contribution in [0.2, 0.25) is 6.04 Å². The molecule has 1 aliphatic rings. The summed E-state index contributed by atoms with van der Waals surface area (Å²) >= 11 is 0. The molecule has 1 radical (unpaired) electrons. The first-order valence-electron chi connectivity index (χ1n) is 5.11. The van der Waals surface area contributed by atoms with Crippen molar-refractivity contribution in [2.75, 3.05) is 41.2 Å². The third kappa shape index (κ3) is 5.90. The van der Waals surface area contributed by atoms with Gasteiger partial charge in [0.2, 0.25) is 0 Å². The van der Waals surface area contributed by atoms with Crippen LogP contribution < -0.4 is 0 Å². The molecule has 0 amide bonds. The monoisotopic (exact) mass is 343 g/mol. The van der Waals surface area contributed by atoms with Crippen molar-refractivity contribution in [1.82, 2.24) is 0 Å². The predicted molar refractivity (Wildman–Crippen MR) is 56.8 cm³/mol. The number of hydrogen-bond donors (Lipinski definition) is 0. The van der Waals surface area contributed by atoms with E-state index < -0.39 is 8.80 Å². The van der Waals surface area contributed by atoms with Gasteiger partial charge in [0.05, 0.1) is 13.2 Å². The van der Waals surface area contributed by atoms with Gasteiger partial charge in [0.25, 0.3) is 0 Å². The molecule has 101 valence electrons. The molecule has 0 saturated carbocycles. The molecular formula is C9H20AgO5Si. The van der Waals surface area contributed by atoms with Crippen molar-refractivity contribution in [3.05, 3.63) is 0 Å². The second-order valence-electron chi connectivity index (χ2n) is 3.43. The fourth-order valence-corrected chi connectivity index (χ4v) is 3.02. The Balaban J connectivity index is 0.00000225. The molecule has 16 heavy (non-hydrogen) atoms. The van der Waals surface area contributed by atoms with Gasteiger partial charge in [-0.2, -0.15) is 0 Å². The van der Waals surface area contributed by atoms with E-state index in [4.69, 9.17) is 22.8 Å². The average Bonchev–Trinajstić information content (AvgIpc) is 3.08. The normalized spacial score (nSPS) is 19.3. The Labute approximate surface area is 114 Å². The Hall–Kier alpha value is 0.757. The zero-order chi connectivity index (χ0) is 11.1. The summed E-state index contributed by atoms with van der Waals surface area (Å²) < 4.78 is 26.3. The van der Waals surface area contributed by atoms with Crippen LogP contribution in [-0.2, 0) is 45.1 Å². The van der Waals surface area contributed by atoms with Crippen molar-refractivity contribution in [3.8, 4) is 0 Å². The molecule has 1 unspecified atom stereocenters. The van der Waals surface area contributed by atoms with Crippen molar-refractivity contribution in [3.63, 3.8) is 0 Å². The van der Waals surface area contributed by atoms with Gasteiger partial charge in [-0.3, -0.25) is 0 Å². The zero-order valence-corrected chi connectivity index (χ0v) is 12.4. The molecule has 0 spiro atoms. The van der Waals surface area contributed by atoms with Gasteiger partial charge >= 0.3 is 8.80 Å². The number of epoxide rings is 1. The molecule has 1 heterocycles. The molecular weight excluding hydrogens is 324 g/mol. The Morgan fingerprint density at radius 2 is 1.75 bits per heavy atom. The second kappa shape index (κ2) is 8.79. The summed E-state index contributed by atoms with van der Waals surface area (Å²) in [6.07, 6.45) is 1.22. The van der Waals surface area contributed by atoms with Gasteiger partial charge in [0, 0.05) is 56.4 Å². The van der Waals surface area contributed by atoms with Gasteiger partial charge in [-0.25, -0.2) is 0 Å². The first-order valence-corrected chi connectivity index (χ1v) is 7.04. The summed E-state index contributed by atoms with van der Waals surface area (Å²) in [6.45, 7) is 2.24. The van der Waals surface area contributed by atoms with Gasteiger partial charge in [-0.05, 0) is 6.42 Å². The van der Waals surface area contributed by atoms with Crippen LogP contribution in [0.5, 0.6) is 0 Å². The second-order valence-corrected chi connectivity index (χ2v) is 6.52. The number of ether oxygens (including phenoxy) is 2. The maximum atomic E-state index is 5.42. The van der Waals surface area contributed by atoms with Gasteiger partial charge in [-0.15, -0.1) is 0 Å². The third-order valence-electron chi connectivity index (χ3n) is 2.41. The molecule has 0 bridgehead atoms. The maximum Gasteiger partial charge on any atom is 0.500 e. The third-order valence-corrected chi connectivity index (χ3v) is 5.24. The maximum absolute atomic E-state index is 5.42. The standard InChI is InChI=1S/C9H20O5Si.Ag/c1-10-15(11-2,12-3)6-4-5-13-7-9-8-14-9;/h9H,4-8H2,1-3H3;. The molecule has 1 rings (SSSR count). The zero-order valence-electron chi connectivity index (χ0n) is 9.96. The molecule has 0 aromatic carbocycles. The Morgan fingerprint density at radius 1 is 1.19 bits per heavy atom. The molecule has 1 aliphatic heterocycles. The van der Waals surface area contributed by atoms with Crippen molar-refractivity contribution < 1.29 is 45.1 Å². The number of hydrogen-bond acceptors (Lipinski definition) is 5. The topological polar surface area (TPSA) is 49.5 Å². The van der Waals surface area contributed by atoms with Gasteiger partial charge in [-0.1, -0.05) is 0 Å². The Bertz CT molecular complexity index is 167. The Morgan fingerprint density at radius 3 is 2.19 bits per heavy atom. The molecule has 0 N–H and O–H groups in total. The van der Waals surface area contributed by atoms with E-state index in [2.05, 4.69) is 0 Å². The minimum absolute atomic E-state index is 0. The van der Waals surface area contributed by atoms with Gasteiger partial charge in [0.1, 0.15) is 6.10 Å². The largest absolute Gasteiger partial charge is 0.500 e. The van der Waals surface area contributed by atoms with E-state index in [0.29, 0.717) is 19.3 Å². The van der Waals surface area contributed by atoms with E-state index in [0.717, 1.165) is 19.1 Å². The van der Waals surface area contributed by atoms with Crippen molar-refractivity contribution in [2.24, 2.45) is 0 Å². The van der Waals surface area contributed by atoms with Crippen LogP contribution in [0, 0.1) is 0 Å². The smallest absolute Gasteiger partial charge is 0.379 e. The average molecular weight is 344 g/mol. The number of rotatable bonds is 9. The molecule has 5 nitrogen and oxygen atoms in total. The quantitative estimate of drug-likeness (QED) is 0.350. The summed E-state index contributed by atoms with van der Waals surface area (Å²) in [5.74, 6) is 0. The van der Waals surface area contributed by atoms with Crippen LogP contribution in [0.15, 0.2) is 0 Å². The van der Waals surface area contributed by atoms with Crippen LogP contribution in [0.25, 0.3) is 0 Å². The van der Waals surface area contributed by atoms with Crippen molar-refractivity contribution in [1.29, 1.82) is 0 Å². The van der Waals surface area contributed by atoms with Crippen LogP contribution in [-0.4, -0.2) is 56.1 Å².